The lowest BCUT2D eigenvalue weighted by Gasteiger charge is -2.04. The zero-order valence-electron chi connectivity index (χ0n) is 10.2. The van der Waals surface area contributed by atoms with E-state index in [4.69, 9.17) is 16.7 Å². The number of halogens is 3. The van der Waals surface area contributed by atoms with Crippen LogP contribution in [0.4, 0.5) is 4.39 Å². The van der Waals surface area contributed by atoms with E-state index >= 15 is 0 Å². The van der Waals surface area contributed by atoms with Crippen LogP contribution in [0.25, 0.3) is 17.0 Å². The highest BCUT2D eigenvalue weighted by atomic mass is 79.9. The first-order valence-electron chi connectivity index (χ1n) is 5.70. The summed E-state index contributed by atoms with van der Waals surface area (Å²) in [6.07, 6.45) is 1.34. The van der Waals surface area contributed by atoms with Crippen LogP contribution in [0.15, 0.2) is 34.9 Å². The van der Waals surface area contributed by atoms with Crippen molar-refractivity contribution < 1.29 is 14.3 Å². The quantitative estimate of drug-likeness (QED) is 0.748. The SMILES string of the molecule is O=C(O)c1cc(Cl)c2nnc(-c3cc(F)cc(Br)c3)n2c1. The van der Waals surface area contributed by atoms with Crippen molar-refractivity contribution in [2.45, 2.75) is 0 Å². The normalized spacial score (nSPS) is 11.0. The molecule has 3 rings (SSSR count). The molecule has 0 aliphatic heterocycles. The largest absolute Gasteiger partial charge is 0.478 e. The Morgan fingerprint density at radius 1 is 1.29 bits per heavy atom. The third-order valence-corrected chi connectivity index (χ3v) is 3.56. The second-order valence-electron chi connectivity index (χ2n) is 4.26. The number of hydrogen-bond acceptors (Lipinski definition) is 3. The number of carboxylic acids is 1. The fourth-order valence-electron chi connectivity index (χ4n) is 1.95. The second kappa shape index (κ2) is 5.09. The van der Waals surface area contributed by atoms with E-state index in [1.807, 2.05) is 0 Å². The van der Waals surface area contributed by atoms with E-state index in [-0.39, 0.29) is 10.6 Å². The van der Waals surface area contributed by atoms with Gasteiger partial charge in [0.25, 0.3) is 0 Å². The minimum atomic E-state index is -1.13. The van der Waals surface area contributed by atoms with Crippen LogP contribution in [0.1, 0.15) is 10.4 Å². The Morgan fingerprint density at radius 3 is 2.71 bits per heavy atom. The third kappa shape index (κ3) is 2.50. The number of carbonyl (C=O) groups is 1. The first-order valence-corrected chi connectivity index (χ1v) is 6.87. The molecule has 0 aliphatic rings. The van der Waals surface area contributed by atoms with E-state index in [2.05, 4.69) is 26.1 Å². The van der Waals surface area contributed by atoms with Crippen molar-refractivity contribution in [2.75, 3.05) is 0 Å². The van der Waals surface area contributed by atoms with Crippen LogP contribution in [0.5, 0.6) is 0 Å². The van der Waals surface area contributed by atoms with E-state index in [1.165, 1.54) is 28.8 Å². The van der Waals surface area contributed by atoms with Gasteiger partial charge in [-0.05, 0) is 24.3 Å². The molecule has 0 spiro atoms. The molecule has 1 N–H and O–H groups in total. The van der Waals surface area contributed by atoms with E-state index in [9.17, 15) is 9.18 Å². The Morgan fingerprint density at radius 2 is 2.05 bits per heavy atom. The molecule has 2 aromatic heterocycles. The van der Waals surface area contributed by atoms with Gasteiger partial charge in [-0.2, -0.15) is 0 Å². The Kier molecular flexibility index (Phi) is 3.38. The smallest absolute Gasteiger partial charge is 0.337 e. The van der Waals surface area contributed by atoms with Crippen molar-refractivity contribution in [2.24, 2.45) is 0 Å². The molecular formula is C13H6BrClFN3O2. The molecule has 5 nitrogen and oxygen atoms in total. The van der Waals surface area contributed by atoms with E-state index in [0.29, 0.717) is 21.5 Å². The maximum absolute atomic E-state index is 13.5. The predicted molar refractivity (Wildman–Crippen MR) is 78.1 cm³/mol. The number of aromatic carboxylic acids is 1. The van der Waals surface area contributed by atoms with E-state index in [0.717, 1.165) is 0 Å². The van der Waals surface area contributed by atoms with Gasteiger partial charge >= 0.3 is 5.97 Å². The molecule has 0 saturated heterocycles. The highest BCUT2D eigenvalue weighted by molar-refractivity contribution is 9.10. The molecule has 0 saturated carbocycles. The number of nitrogens with zero attached hydrogens (tertiary/aromatic N) is 3. The number of rotatable bonds is 2. The summed E-state index contributed by atoms with van der Waals surface area (Å²) in [6, 6.07) is 5.53. The van der Waals surface area contributed by atoms with Gasteiger partial charge in [0.15, 0.2) is 11.5 Å². The molecule has 0 fully saturated rings. The standard InChI is InChI=1S/C13H6BrClFN3O2/c14-8-1-6(2-9(16)4-8)11-17-18-12-10(15)3-7(13(20)21)5-19(11)12/h1-5H,(H,20,21). The minimum Gasteiger partial charge on any atom is -0.478 e. The number of carboxylic acid groups (broad SMARTS) is 1. The lowest BCUT2D eigenvalue weighted by Crippen LogP contribution is -2.00. The average molecular weight is 371 g/mol. The van der Waals surface area contributed by atoms with Gasteiger partial charge in [-0.1, -0.05) is 27.5 Å². The van der Waals surface area contributed by atoms with E-state index < -0.39 is 11.8 Å². The van der Waals surface area contributed by atoms with Crippen molar-refractivity contribution >= 4 is 39.1 Å². The fourth-order valence-corrected chi connectivity index (χ4v) is 2.66. The highest BCUT2D eigenvalue weighted by Gasteiger charge is 2.15. The number of fused-ring (bicyclic) bond motifs is 1. The van der Waals surface area contributed by atoms with Crippen molar-refractivity contribution in [3.8, 4) is 11.4 Å². The maximum Gasteiger partial charge on any atom is 0.337 e. The van der Waals surface area contributed by atoms with Gasteiger partial charge < -0.3 is 5.11 Å². The summed E-state index contributed by atoms with van der Waals surface area (Å²) >= 11 is 9.20. The van der Waals surface area contributed by atoms with Gasteiger partial charge in [-0.3, -0.25) is 4.40 Å². The Balaban J connectivity index is 2.30. The van der Waals surface area contributed by atoms with Crippen LogP contribution in [0, 0.1) is 5.82 Å². The summed E-state index contributed by atoms with van der Waals surface area (Å²) in [7, 11) is 0. The highest BCUT2D eigenvalue weighted by Crippen LogP contribution is 2.26. The molecule has 21 heavy (non-hydrogen) atoms. The maximum atomic E-state index is 13.5. The lowest BCUT2D eigenvalue weighted by atomic mass is 10.2. The Hall–Kier alpha value is -1.99. The monoisotopic (exact) mass is 369 g/mol. The Labute approximate surface area is 131 Å². The minimum absolute atomic E-state index is 0.0102. The summed E-state index contributed by atoms with van der Waals surface area (Å²) in [5.74, 6) is -1.27. The number of pyridine rings is 1. The summed E-state index contributed by atoms with van der Waals surface area (Å²) in [5.41, 5.74) is 0.744. The molecule has 106 valence electrons. The van der Waals surface area contributed by atoms with Gasteiger partial charge in [0, 0.05) is 16.2 Å². The van der Waals surface area contributed by atoms with Gasteiger partial charge in [0.2, 0.25) is 0 Å². The first-order chi connectivity index (χ1) is 9.95. The van der Waals surface area contributed by atoms with Crippen molar-refractivity contribution in [3.63, 3.8) is 0 Å². The zero-order valence-corrected chi connectivity index (χ0v) is 12.6. The molecule has 2 heterocycles. The molecule has 0 radical (unpaired) electrons. The molecule has 0 unspecified atom stereocenters. The van der Waals surface area contributed by atoms with Gasteiger partial charge in [0.1, 0.15) is 5.82 Å². The molecule has 0 amide bonds. The summed E-state index contributed by atoms with van der Waals surface area (Å²) < 4.78 is 15.5. The summed E-state index contributed by atoms with van der Waals surface area (Å²) in [5, 5.41) is 17.1. The van der Waals surface area contributed by atoms with Crippen molar-refractivity contribution in [1.82, 2.24) is 14.6 Å². The lowest BCUT2D eigenvalue weighted by molar-refractivity contribution is 0.0696. The summed E-state index contributed by atoms with van der Waals surface area (Å²) in [4.78, 5) is 11.1. The van der Waals surface area contributed by atoms with Crippen LogP contribution in [-0.2, 0) is 0 Å². The molecule has 8 heteroatoms. The molecule has 0 aliphatic carbocycles. The average Bonchev–Trinajstić information content (AvgIpc) is 2.81. The van der Waals surface area contributed by atoms with Crippen LogP contribution < -0.4 is 0 Å². The molecule has 1 aromatic carbocycles. The van der Waals surface area contributed by atoms with Crippen LogP contribution in [0.2, 0.25) is 5.02 Å². The summed E-state index contributed by atoms with van der Waals surface area (Å²) in [6.45, 7) is 0. The van der Waals surface area contributed by atoms with Crippen molar-refractivity contribution in [1.29, 1.82) is 0 Å². The second-order valence-corrected chi connectivity index (χ2v) is 5.58. The fraction of sp³-hybridized carbons (Fsp3) is 0. The molecule has 3 aromatic rings. The number of aromatic nitrogens is 3. The number of benzene rings is 1. The third-order valence-electron chi connectivity index (χ3n) is 2.83. The number of hydrogen-bond donors (Lipinski definition) is 1. The van der Waals surface area contributed by atoms with Crippen LogP contribution in [0.3, 0.4) is 0 Å². The topological polar surface area (TPSA) is 67.5 Å². The van der Waals surface area contributed by atoms with Crippen LogP contribution in [-0.4, -0.2) is 25.7 Å². The van der Waals surface area contributed by atoms with E-state index in [1.54, 1.807) is 6.07 Å². The zero-order chi connectivity index (χ0) is 15.1. The molecular weight excluding hydrogens is 365 g/mol. The first kappa shape index (κ1) is 14.0. The predicted octanol–water partition coefficient (Wildman–Crippen LogP) is 3.65. The molecule has 0 bridgehead atoms. The van der Waals surface area contributed by atoms with Crippen molar-refractivity contribution in [3.05, 3.63) is 51.3 Å². The van der Waals surface area contributed by atoms with Gasteiger partial charge in [0.05, 0.1) is 10.6 Å². The van der Waals surface area contributed by atoms with Gasteiger partial charge in [-0.25, -0.2) is 9.18 Å². The van der Waals surface area contributed by atoms with Crippen LogP contribution >= 0.6 is 27.5 Å². The molecule has 0 atom stereocenters. The van der Waals surface area contributed by atoms with Gasteiger partial charge in [-0.15, -0.1) is 10.2 Å². The Bertz CT molecular complexity index is 861.